The topological polar surface area (TPSA) is 64.1 Å². The number of aromatic nitrogens is 2. The van der Waals surface area contributed by atoms with Crippen molar-refractivity contribution in [3.05, 3.63) is 57.8 Å². The van der Waals surface area contributed by atoms with Gasteiger partial charge in [-0.25, -0.2) is 9.97 Å². The third kappa shape index (κ3) is 3.98. The Morgan fingerprint density at radius 1 is 0.857 bits per heavy atom. The Bertz CT molecular complexity index is 1050. The second kappa shape index (κ2) is 7.58. The first kappa shape index (κ1) is 19.8. The van der Waals surface area contributed by atoms with Crippen molar-refractivity contribution in [1.82, 2.24) is 9.97 Å². The molecule has 0 spiro atoms. The summed E-state index contributed by atoms with van der Waals surface area (Å²) >= 11 is 0. The van der Waals surface area contributed by atoms with Gasteiger partial charge >= 0.3 is 0 Å². The lowest BCUT2D eigenvalue weighted by Crippen LogP contribution is -2.19. The molecular weight excluding hydrogens is 350 g/mol. The van der Waals surface area contributed by atoms with Crippen molar-refractivity contribution in [2.45, 2.75) is 54.6 Å². The first-order valence-corrected chi connectivity index (χ1v) is 9.50. The van der Waals surface area contributed by atoms with E-state index >= 15 is 0 Å². The van der Waals surface area contributed by atoms with E-state index in [1.807, 2.05) is 72.7 Å². The van der Waals surface area contributed by atoms with Crippen molar-refractivity contribution in [2.75, 3.05) is 5.32 Å². The molecule has 1 N–H and O–H groups in total. The summed E-state index contributed by atoms with van der Waals surface area (Å²) in [4.78, 5) is 22.3. The number of nitrogens with zero attached hydrogens (tertiary/aromatic N) is 2. The van der Waals surface area contributed by atoms with Crippen LogP contribution in [0.25, 0.3) is 11.0 Å². The predicted octanol–water partition coefficient (Wildman–Crippen LogP) is 5.21. The van der Waals surface area contributed by atoms with E-state index in [-0.39, 0.29) is 23.6 Å². The maximum atomic E-state index is 13.1. The summed E-state index contributed by atoms with van der Waals surface area (Å²) in [6.07, 6.45) is -0.118. The zero-order valence-corrected chi connectivity index (χ0v) is 17.6. The Hall–Kier alpha value is -2.95. The fraction of sp³-hybridized carbons (Fsp3) is 0.348. The smallest absolute Gasteiger partial charge is 0.279 e. The van der Waals surface area contributed by atoms with E-state index in [2.05, 4.69) is 15.3 Å². The van der Waals surface area contributed by atoms with Crippen LogP contribution in [0.3, 0.4) is 0 Å². The molecule has 5 nitrogen and oxygen atoms in total. The molecule has 2 aromatic carbocycles. The number of hydrogen-bond donors (Lipinski definition) is 1. The molecule has 0 aliphatic heterocycles. The summed E-state index contributed by atoms with van der Waals surface area (Å²) in [5.74, 6) is -0.0657. The Kier molecular flexibility index (Phi) is 5.36. The molecule has 3 rings (SSSR count). The maximum absolute atomic E-state index is 13.1. The third-order valence-electron chi connectivity index (χ3n) is 4.73. The minimum atomic E-state index is -0.321. The molecule has 0 saturated heterocycles. The van der Waals surface area contributed by atoms with E-state index in [1.165, 1.54) is 0 Å². The van der Waals surface area contributed by atoms with E-state index in [0.29, 0.717) is 5.52 Å². The molecule has 0 bridgehead atoms. The largest absolute Gasteiger partial charge is 0.473 e. The van der Waals surface area contributed by atoms with E-state index in [4.69, 9.17) is 4.74 Å². The molecule has 3 aromatic rings. The average molecular weight is 377 g/mol. The Morgan fingerprint density at radius 3 is 1.93 bits per heavy atom. The number of hydrogen-bond acceptors (Lipinski definition) is 4. The van der Waals surface area contributed by atoms with Crippen LogP contribution in [-0.4, -0.2) is 22.0 Å². The fourth-order valence-corrected chi connectivity index (χ4v) is 3.30. The third-order valence-corrected chi connectivity index (χ3v) is 4.73. The van der Waals surface area contributed by atoms with Gasteiger partial charge in [0.25, 0.3) is 5.91 Å². The Balaban J connectivity index is 2.09. The highest BCUT2D eigenvalue weighted by Crippen LogP contribution is 2.26. The first-order chi connectivity index (χ1) is 13.2. The molecule has 0 radical (unpaired) electrons. The molecular formula is C23H27N3O2. The van der Waals surface area contributed by atoms with Gasteiger partial charge in [0.2, 0.25) is 5.88 Å². The minimum Gasteiger partial charge on any atom is -0.473 e. The van der Waals surface area contributed by atoms with E-state index < -0.39 is 0 Å². The van der Waals surface area contributed by atoms with Gasteiger partial charge in [-0.1, -0.05) is 17.7 Å². The van der Waals surface area contributed by atoms with Crippen LogP contribution in [0.2, 0.25) is 0 Å². The fourth-order valence-electron chi connectivity index (χ4n) is 3.30. The normalized spacial score (nSPS) is 11.1. The minimum absolute atomic E-state index is 0.118. The van der Waals surface area contributed by atoms with E-state index in [1.54, 1.807) is 0 Å². The lowest BCUT2D eigenvalue weighted by Gasteiger charge is -2.16. The van der Waals surface area contributed by atoms with Crippen molar-refractivity contribution in [3.63, 3.8) is 0 Å². The number of amides is 1. The van der Waals surface area contributed by atoms with Crippen LogP contribution in [0, 0.1) is 34.6 Å². The number of nitrogens with one attached hydrogen (secondary N) is 1. The van der Waals surface area contributed by atoms with Crippen molar-refractivity contribution >= 4 is 22.6 Å². The molecule has 1 aromatic heterocycles. The standard InChI is InChI=1S/C23H27N3O2/c1-12(2)28-23-21(24-18-10-14(4)15(5)11-19(18)25-23)22(27)26-20-16(6)8-13(3)9-17(20)7/h8-12H,1-7H3,(H,26,27). The van der Waals surface area contributed by atoms with Gasteiger partial charge in [0.05, 0.1) is 17.1 Å². The van der Waals surface area contributed by atoms with Gasteiger partial charge in [0.1, 0.15) is 0 Å². The van der Waals surface area contributed by atoms with Gasteiger partial charge in [-0.15, -0.1) is 0 Å². The van der Waals surface area contributed by atoms with E-state index in [9.17, 15) is 4.79 Å². The molecule has 5 heteroatoms. The van der Waals surface area contributed by atoms with E-state index in [0.717, 1.165) is 39.0 Å². The lowest BCUT2D eigenvalue weighted by atomic mass is 10.0. The second-order valence-corrected chi connectivity index (χ2v) is 7.70. The molecule has 0 atom stereocenters. The number of anilines is 1. The zero-order chi connectivity index (χ0) is 20.6. The van der Waals surface area contributed by atoms with Gasteiger partial charge in [-0.2, -0.15) is 0 Å². The highest BCUT2D eigenvalue weighted by molar-refractivity contribution is 6.06. The number of carbonyl (C=O) groups excluding carboxylic acids is 1. The number of ether oxygens (including phenoxy) is 1. The molecule has 1 heterocycles. The molecule has 28 heavy (non-hydrogen) atoms. The van der Waals surface area contributed by atoms with Gasteiger partial charge in [-0.05, 0) is 82.9 Å². The average Bonchev–Trinajstić information content (AvgIpc) is 2.58. The summed E-state index contributed by atoms with van der Waals surface area (Å²) in [5.41, 5.74) is 7.82. The maximum Gasteiger partial charge on any atom is 0.279 e. The molecule has 0 unspecified atom stereocenters. The molecule has 0 saturated carbocycles. The van der Waals surface area contributed by atoms with Crippen molar-refractivity contribution < 1.29 is 9.53 Å². The lowest BCUT2D eigenvalue weighted by molar-refractivity contribution is 0.101. The molecule has 0 aliphatic rings. The van der Waals surface area contributed by atoms with Crippen molar-refractivity contribution in [1.29, 1.82) is 0 Å². The van der Waals surface area contributed by atoms with Gasteiger partial charge in [-0.3, -0.25) is 4.79 Å². The van der Waals surface area contributed by atoms with Crippen LogP contribution in [-0.2, 0) is 0 Å². The van der Waals surface area contributed by atoms with Crippen LogP contribution in [0.15, 0.2) is 24.3 Å². The second-order valence-electron chi connectivity index (χ2n) is 7.70. The number of aryl methyl sites for hydroxylation is 5. The quantitative estimate of drug-likeness (QED) is 0.678. The van der Waals surface area contributed by atoms with Crippen molar-refractivity contribution in [3.8, 4) is 5.88 Å². The highest BCUT2D eigenvalue weighted by atomic mass is 16.5. The van der Waals surface area contributed by atoms with Gasteiger partial charge in [0, 0.05) is 5.69 Å². The Morgan fingerprint density at radius 2 is 1.39 bits per heavy atom. The summed E-state index contributed by atoms with van der Waals surface area (Å²) in [6.45, 7) is 13.9. The monoisotopic (exact) mass is 377 g/mol. The Labute approximate surface area is 166 Å². The van der Waals surface area contributed by atoms with Crippen LogP contribution < -0.4 is 10.1 Å². The predicted molar refractivity (Wildman–Crippen MR) is 113 cm³/mol. The van der Waals surface area contributed by atoms with Crippen LogP contribution in [0.1, 0.15) is 52.2 Å². The van der Waals surface area contributed by atoms with Crippen LogP contribution >= 0.6 is 0 Å². The highest BCUT2D eigenvalue weighted by Gasteiger charge is 2.21. The number of carbonyl (C=O) groups is 1. The summed E-state index contributed by atoms with van der Waals surface area (Å²) in [7, 11) is 0. The van der Waals surface area contributed by atoms with Gasteiger partial charge < -0.3 is 10.1 Å². The van der Waals surface area contributed by atoms with Crippen LogP contribution in [0.5, 0.6) is 5.88 Å². The molecule has 0 aliphatic carbocycles. The number of rotatable bonds is 4. The molecule has 0 fully saturated rings. The summed E-state index contributed by atoms with van der Waals surface area (Å²) in [6, 6.07) is 8.02. The SMILES string of the molecule is Cc1cc(C)c(NC(=O)c2nc3cc(C)c(C)cc3nc2OC(C)C)c(C)c1. The first-order valence-electron chi connectivity index (χ1n) is 9.50. The summed E-state index contributed by atoms with van der Waals surface area (Å²) in [5, 5.41) is 3.00. The molecule has 1 amide bonds. The van der Waals surface area contributed by atoms with Gasteiger partial charge in [0.15, 0.2) is 5.69 Å². The summed E-state index contributed by atoms with van der Waals surface area (Å²) < 4.78 is 5.83. The van der Waals surface area contributed by atoms with Crippen molar-refractivity contribution in [2.24, 2.45) is 0 Å². The zero-order valence-electron chi connectivity index (χ0n) is 17.6. The number of fused-ring (bicyclic) bond motifs is 1. The van der Waals surface area contributed by atoms with Crippen LogP contribution in [0.4, 0.5) is 5.69 Å². The number of benzene rings is 2. The molecule has 146 valence electrons.